The predicted octanol–water partition coefficient (Wildman–Crippen LogP) is 0.869. The van der Waals surface area contributed by atoms with E-state index in [1.165, 1.54) is 12.3 Å². The molecule has 0 aliphatic rings. The molecule has 7 nitrogen and oxygen atoms in total. The van der Waals surface area contributed by atoms with Gasteiger partial charge in [0.15, 0.2) is 5.82 Å². The van der Waals surface area contributed by atoms with Gasteiger partial charge in [-0.25, -0.2) is 5.10 Å². The Hall–Kier alpha value is -2.00. The van der Waals surface area contributed by atoms with Crippen molar-refractivity contribution in [1.82, 2.24) is 25.6 Å². The Morgan fingerprint density at radius 3 is 2.82 bits per heavy atom. The van der Waals surface area contributed by atoms with E-state index in [2.05, 4.69) is 25.6 Å². The summed E-state index contributed by atoms with van der Waals surface area (Å²) < 4.78 is 33.3. The molecule has 2 aromatic rings. The molecule has 2 N–H and O–H groups in total. The van der Waals surface area contributed by atoms with Gasteiger partial charge in [-0.2, -0.15) is 8.78 Å². The fourth-order valence-electron chi connectivity index (χ4n) is 1.94. The normalized spacial score (nSPS) is 13.3. The molecule has 9 heteroatoms. The number of aromatic nitrogens is 5. The van der Waals surface area contributed by atoms with E-state index in [1.807, 2.05) is 0 Å². The smallest absolute Gasteiger partial charge is 0.315 e. The highest BCUT2D eigenvalue weighted by atomic mass is 19.3. The van der Waals surface area contributed by atoms with Crippen LogP contribution in [0.1, 0.15) is 23.5 Å². The van der Waals surface area contributed by atoms with E-state index in [-0.39, 0.29) is 5.82 Å². The second kappa shape index (κ2) is 7.32. The monoisotopic (exact) mass is 313 g/mol. The van der Waals surface area contributed by atoms with Crippen molar-refractivity contribution in [2.75, 3.05) is 13.7 Å². The molecule has 0 saturated heterocycles. The molecule has 0 aliphatic carbocycles. The summed E-state index contributed by atoms with van der Waals surface area (Å²) in [7, 11) is 1.60. The minimum Gasteiger partial charge on any atom is -0.386 e. The minimum atomic E-state index is -3.49. The van der Waals surface area contributed by atoms with Crippen LogP contribution >= 0.6 is 0 Å². The molecule has 0 amide bonds. The average Bonchev–Trinajstić information content (AvgIpc) is 3.01. The van der Waals surface area contributed by atoms with E-state index in [0.717, 1.165) is 12.0 Å². The summed E-state index contributed by atoms with van der Waals surface area (Å²) in [6.07, 6.45) is 0.515. The number of aliphatic hydroxyl groups excluding tert-OH is 1. The van der Waals surface area contributed by atoms with Gasteiger partial charge in [0.05, 0.1) is 0 Å². The van der Waals surface area contributed by atoms with Gasteiger partial charge in [0.1, 0.15) is 11.8 Å². The van der Waals surface area contributed by atoms with E-state index < -0.39 is 24.1 Å². The van der Waals surface area contributed by atoms with Gasteiger partial charge in [-0.3, -0.25) is 4.98 Å². The molecular formula is C13H17F2N5O2. The van der Waals surface area contributed by atoms with E-state index >= 15 is 0 Å². The fourth-order valence-corrected chi connectivity index (χ4v) is 1.94. The summed E-state index contributed by atoms with van der Waals surface area (Å²) in [5, 5.41) is 22.1. The Morgan fingerprint density at radius 1 is 1.41 bits per heavy atom. The molecule has 0 aliphatic heterocycles. The molecule has 2 aromatic heterocycles. The van der Waals surface area contributed by atoms with Crippen molar-refractivity contribution in [3.63, 3.8) is 0 Å². The van der Waals surface area contributed by atoms with Crippen molar-refractivity contribution in [1.29, 1.82) is 0 Å². The number of pyridine rings is 1. The highest BCUT2D eigenvalue weighted by molar-refractivity contribution is 5.18. The number of aliphatic hydroxyl groups is 1. The lowest BCUT2D eigenvalue weighted by Crippen LogP contribution is -2.34. The number of nitrogens with one attached hydrogen (secondary N) is 1. The van der Waals surface area contributed by atoms with Crippen LogP contribution in [0.25, 0.3) is 0 Å². The summed E-state index contributed by atoms with van der Waals surface area (Å²) in [5.41, 5.74) is 0.355. The SMILES string of the molecule is COCCCc1ccc(C(F)(F)C(O)Cc2nnn[nH]2)nc1. The summed E-state index contributed by atoms with van der Waals surface area (Å²) in [4.78, 5) is 3.77. The van der Waals surface area contributed by atoms with Crippen molar-refractivity contribution in [2.24, 2.45) is 0 Å². The Kier molecular flexibility index (Phi) is 5.45. The maximum absolute atomic E-state index is 14.2. The first-order valence-corrected chi connectivity index (χ1v) is 6.77. The number of rotatable bonds is 8. The van der Waals surface area contributed by atoms with Gasteiger partial charge in [0, 0.05) is 26.3 Å². The molecule has 0 aromatic carbocycles. The van der Waals surface area contributed by atoms with Crippen LogP contribution in [0.5, 0.6) is 0 Å². The Morgan fingerprint density at radius 2 is 2.23 bits per heavy atom. The molecule has 0 bridgehead atoms. The Bertz CT molecular complexity index is 562. The zero-order valence-corrected chi connectivity index (χ0v) is 12.0. The van der Waals surface area contributed by atoms with Crippen LogP contribution in [0.3, 0.4) is 0 Å². The lowest BCUT2D eigenvalue weighted by Gasteiger charge is -2.21. The van der Waals surface area contributed by atoms with Crippen molar-refractivity contribution in [3.05, 3.63) is 35.4 Å². The number of hydrogen-bond acceptors (Lipinski definition) is 6. The quantitative estimate of drug-likeness (QED) is 0.702. The van der Waals surface area contributed by atoms with Crippen LogP contribution in [-0.2, 0) is 23.5 Å². The number of alkyl halides is 2. The van der Waals surface area contributed by atoms with E-state index in [9.17, 15) is 13.9 Å². The molecule has 22 heavy (non-hydrogen) atoms. The van der Waals surface area contributed by atoms with Crippen LogP contribution in [0.2, 0.25) is 0 Å². The Balaban J connectivity index is 2.01. The summed E-state index contributed by atoms with van der Waals surface area (Å²) in [6.45, 7) is 0.599. The number of hydrogen-bond donors (Lipinski definition) is 2. The first-order valence-electron chi connectivity index (χ1n) is 6.77. The predicted molar refractivity (Wildman–Crippen MR) is 72.2 cm³/mol. The molecule has 1 atom stereocenters. The lowest BCUT2D eigenvalue weighted by atomic mass is 10.0. The zero-order valence-electron chi connectivity index (χ0n) is 12.0. The molecule has 1 unspecified atom stereocenters. The first-order chi connectivity index (χ1) is 10.5. The second-order valence-electron chi connectivity index (χ2n) is 4.84. The lowest BCUT2D eigenvalue weighted by molar-refractivity contribution is -0.117. The number of methoxy groups -OCH3 is 1. The number of aromatic amines is 1. The highest BCUT2D eigenvalue weighted by Gasteiger charge is 2.42. The number of nitrogens with zero attached hydrogens (tertiary/aromatic N) is 4. The number of aryl methyl sites for hydroxylation is 1. The summed E-state index contributed by atoms with van der Waals surface area (Å²) in [6, 6.07) is 2.80. The molecule has 0 fully saturated rings. The van der Waals surface area contributed by atoms with E-state index in [1.54, 1.807) is 13.2 Å². The van der Waals surface area contributed by atoms with Crippen molar-refractivity contribution >= 4 is 0 Å². The van der Waals surface area contributed by atoms with E-state index in [0.29, 0.717) is 13.0 Å². The number of H-pyrrole nitrogens is 1. The van der Waals surface area contributed by atoms with Crippen LogP contribution in [0.15, 0.2) is 18.3 Å². The minimum absolute atomic E-state index is 0.0864. The molecule has 0 spiro atoms. The van der Waals surface area contributed by atoms with Gasteiger partial charge in [-0.1, -0.05) is 6.07 Å². The van der Waals surface area contributed by atoms with Crippen molar-refractivity contribution in [3.8, 4) is 0 Å². The van der Waals surface area contributed by atoms with Gasteiger partial charge in [-0.15, -0.1) is 5.10 Å². The van der Waals surface area contributed by atoms with Crippen LogP contribution in [0.4, 0.5) is 8.78 Å². The van der Waals surface area contributed by atoms with Crippen LogP contribution in [0, 0.1) is 0 Å². The number of tetrazole rings is 1. The third-order valence-corrected chi connectivity index (χ3v) is 3.17. The zero-order chi connectivity index (χ0) is 16.0. The maximum atomic E-state index is 14.2. The Labute approximate surface area is 125 Å². The van der Waals surface area contributed by atoms with Gasteiger partial charge in [0.25, 0.3) is 0 Å². The molecule has 0 saturated carbocycles. The van der Waals surface area contributed by atoms with Gasteiger partial charge >= 0.3 is 5.92 Å². The van der Waals surface area contributed by atoms with Crippen LogP contribution < -0.4 is 0 Å². The van der Waals surface area contributed by atoms with Gasteiger partial charge in [-0.05, 0) is 34.9 Å². The third kappa shape index (κ3) is 4.01. The third-order valence-electron chi connectivity index (χ3n) is 3.17. The summed E-state index contributed by atoms with van der Waals surface area (Å²) in [5.74, 6) is -3.40. The molecule has 0 radical (unpaired) electrons. The largest absolute Gasteiger partial charge is 0.386 e. The highest BCUT2D eigenvalue weighted by Crippen LogP contribution is 2.31. The molecule has 2 rings (SSSR count). The van der Waals surface area contributed by atoms with Crippen molar-refractivity contribution in [2.45, 2.75) is 31.3 Å². The fraction of sp³-hybridized carbons (Fsp3) is 0.538. The van der Waals surface area contributed by atoms with Gasteiger partial charge in [0.2, 0.25) is 0 Å². The average molecular weight is 313 g/mol. The molecule has 2 heterocycles. The number of ether oxygens (including phenoxy) is 1. The second-order valence-corrected chi connectivity index (χ2v) is 4.84. The van der Waals surface area contributed by atoms with Gasteiger partial charge < -0.3 is 9.84 Å². The number of halogens is 2. The topological polar surface area (TPSA) is 96.8 Å². The maximum Gasteiger partial charge on any atom is 0.315 e. The standard InChI is InChI=1S/C13H17F2N5O2/c1-22-6-2-3-9-4-5-10(16-8-9)13(14,15)11(21)7-12-17-19-20-18-12/h4-5,8,11,21H,2-3,6-7H2,1H3,(H,17,18,19,20). The molecule has 120 valence electrons. The molecular weight excluding hydrogens is 296 g/mol. The van der Waals surface area contributed by atoms with Crippen molar-refractivity contribution < 1.29 is 18.6 Å². The first kappa shape index (κ1) is 16.4. The van der Waals surface area contributed by atoms with E-state index in [4.69, 9.17) is 4.74 Å². The summed E-state index contributed by atoms with van der Waals surface area (Å²) >= 11 is 0. The van der Waals surface area contributed by atoms with Crippen LogP contribution in [-0.4, -0.2) is 50.5 Å².